The van der Waals surface area contributed by atoms with E-state index in [1.807, 2.05) is 30.1 Å². The van der Waals surface area contributed by atoms with Crippen molar-refractivity contribution in [2.24, 2.45) is 0 Å². The van der Waals surface area contributed by atoms with E-state index in [-0.39, 0.29) is 0 Å². The average Bonchev–Trinajstić information content (AvgIpc) is 2.50. The number of benzene rings is 1. The molecule has 0 unspecified atom stereocenters. The standard InChI is InChI=1S/C16H17N3O2/c1-4-10-19(3)11-12-7-8-14(21-16(20)17-2)15-13(12)6-5-9-18-15/h1,5-9H,10-11H2,2-3H3,(H,17,20). The molecule has 1 aromatic heterocycles. The van der Waals surface area contributed by atoms with Gasteiger partial charge in [-0.25, -0.2) is 4.79 Å². The second-order valence-electron chi connectivity index (χ2n) is 4.64. The van der Waals surface area contributed by atoms with Crippen molar-refractivity contribution in [3.05, 3.63) is 36.0 Å². The number of amides is 1. The summed E-state index contributed by atoms with van der Waals surface area (Å²) in [6.07, 6.45) is 6.48. The van der Waals surface area contributed by atoms with Gasteiger partial charge in [0.2, 0.25) is 0 Å². The molecule has 5 nitrogen and oxygen atoms in total. The fourth-order valence-corrected chi connectivity index (χ4v) is 2.08. The van der Waals surface area contributed by atoms with E-state index in [0.29, 0.717) is 24.4 Å². The zero-order valence-electron chi connectivity index (χ0n) is 12.1. The molecular formula is C16H17N3O2. The number of pyridine rings is 1. The third kappa shape index (κ3) is 3.50. The topological polar surface area (TPSA) is 54.5 Å². The van der Waals surface area contributed by atoms with Gasteiger partial charge in [-0.3, -0.25) is 9.88 Å². The van der Waals surface area contributed by atoms with Crippen molar-refractivity contribution in [3.63, 3.8) is 0 Å². The van der Waals surface area contributed by atoms with Crippen LogP contribution in [0.15, 0.2) is 30.5 Å². The summed E-state index contributed by atoms with van der Waals surface area (Å²) in [6.45, 7) is 1.27. The number of nitrogens with one attached hydrogen (secondary N) is 1. The number of fused-ring (bicyclic) bond motifs is 1. The first-order valence-electron chi connectivity index (χ1n) is 6.54. The fourth-order valence-electron chi connectivity index (χ4n) is 2.08. The number of hydrogen-bond acceptors (Lipinski definition) is 4. The van der Waals surface area contributed by atoms with Gasteiger partial charge in [-0.1, -0.05) is 18.1 Å². The second-order valence-corrected chi connectivity index (χ2v) is 4.64. The Kier molecular flexibility index (Phi) is 4.75. The molecule has 21 heavy (non-hydrogen) atoms. The SMILES string of the molecule is C#CCN(C)Cc1ccc(OC(=O)NC)c2ncccc12. The number of ether oxygens (including phenoxy) is 1. The van der Waals surface area contributed by atoms with E-state index in [1.54, 1.807) is 12.3 Å². The maximum atomic E-state index is 11.4. The lowest BCUT2D eigenvalue weighted by molar-refractivity contribution is 0.203. The van der Waals surface area contributed by atoms with E-state index in [1.165, 1.54) is 7.05 Å². The third-order valence-electron chi connectivity index (χ3n) is 3.03. The first kappa shape index (κ1) is 14.8. The number of nitrogens with zero attached hydrogens (tertiary/aromatic N) is 2. The van der Waals surface area contributed by atoms with Gasteiger partial charge in [0, 0.05) is 25.2 Å². The van der Waals surface area contributed by atoms with Crippen LogP contribution in [0.1, 0.15) is 5.56 Å². The number of hydrogen-bond donors (Lipinski definition) is 1. The molecule has 5 heteroatoms. The van der Waals surface area contributed by atoms with E-state index in [9.17, 15) is 4.79 Å². The molecule has 2 aromatic rings. The average molecular weight is 283 g/mol. The molecule has 0 aliphatic rings. The Morgan fingerprint density at radius 2 is 2.29 bits per heavy atom. The lowest BCUT2D eigenvalue weighted by Crippen LogP contribution is -2.22. The zero-order valence-corrected chi connectivity index (χ0v) is 12.1. The molecule has 0 fully saturated rings. The van der Waals surface area contributed by atoms with Crippen LogP contribution in [0.5, 0.6) is 5.75 Å². The Hall–Kier alpha value is -2.58. The van der Waals surface area contributed by atoms with Gasteiger partial charge in [0.05, 0.1) is 6.54 Å². The van der Waals surface area contributed by atoms with Crippen molar-refractivity contribution < 1.29 is 9.53 Å². The Bertz CT molecular complexity index is 691. The summed E-state index contributed by atoms with van der Waals surface area (Å²) in [5.41, 5.74) is 1.74. The summed E-state index contributed by atoms with van der Waals surface area (Å²) in [5.74, 6) is 3.05. The number of carbonyl (C=O) groups is 1. The maximum absolute atomic E-state index is 11.4. The van der Waals surface area contributed by atoms with Crippen LogP contribution >= 0.6 is 0 Å². The summed E-state index contributed by atoms with van der Waals surface area (Å²) >= 11 is 0. The quantitative estimate of drug-likeness (QED) is 0.872. The van der Waals surface area contributed by atoms with Gasteiger partial charge in [-0.05, 0) is 24.7 Å². The molecule has 1 amide bonds. The van der Waals surface area contributed by atoms with Crippen LogP contribution in [-0.2, 0) is 6.54 Å². The summed E-state index contributed by atoms with van der Waals surface area (Å²) in [4.78, 5) is 17.7. The van der Waals surface area contributed by atoms with E-state index >= 15 is 0 Å². The molecule has 0 aliphatic carbocycles. The number of terminal acetylenes is 1. The highest BCUT2D eigenvalue weighted by atomic mass is 16.6. The van der Waals surface area contributed by atoms with Crippen molar-refractivity contribution >= 4 is 17.0 Å². The first-order chi connectivity index (χ1) is 10.2. The smallest absolute Gasteiger partial charge is 0.408 e. The minimum atomic E-state index is -0.515. The molecule has 1 heterocycles. The normalized spacial score (nSPS) is 10.4. The minimum absolute atomic E-state index is 0.438. The van der Waals surface area contributed by atoms with E-state index in [2.05, 4.69) is 16.2 Å². The molecule has 0 aliphatic heterocycles. The molecule has 2 rings (SSSR count). The van der Waals surface area contributed by atoms with E-state index in [4.69, 9.17) is 11.2 Å². The molecule has 0 bridgehead atoms. The van der Waals surface area contributed by atoms with Gasteiger partial charge in [0.25, 0.3) is 0 Å². The Morgan fingerprint density at radius 1 is 1.48 bits per heavy atom. The molecule has 0 saturated carbocycles. The number of carbonyl (C=O) groups excluding carboxylic acids is 1. The highest BCUT2D eigenvalue weighted by Crippen LogP contribution is 2.27. The van der Waals surface area contributed by atoms with Crippen LogP contribution in [0, 0.1) is 12.3 Å². The monoisotopic (exact) mass is 283 g/mol. The molecule has 1 aromatic carbocycles. The molecule has 108 valence electrons. The fraction of sp³-hybridized carbons (Fsp3) is 0.250. The summed E-state index contributed by atoms with van der Waals surface area (Å²) in [6, 6.07) is 7.49. The summed E-state index contributed by atoms with van der Waals surface area (Å²) < 4.78 is 5.23. The van der Waals surface area contributed by atoms with E-state index in [0.717, 1.165) is 10.9 Å². The lowest BCUT2D eigenvalue weighted by Gasteiger charge is -2.16. The lowest BCUT2D eigenvalue weighted by atomic mass is 10.1. The largest absolute Gasteiger partial charge is 0.412 e. The van der Waals surface area contributed by atoms with Crippen LogP contribution in [-0.4, -0.2) is 36.6 Å². The predicted octanol–water partition coefficient (Wildman–Crippen LogP) is 2.02. The summed E-state index contributed by atoms with van der Waals surface area (Å²) in [5, 5.41) is 3.37. The Morgan fingerprint density at radius 3 is 3.00 bits per heavy atom. The van der Waals surface area contributed by atoms with Gasteiger partial charge < -0.3 is 10.1 Å². The highest BCUT2D eigenvalue weighted by molar-refractivity contribution is 5.89. The van der Waals surface area contributed by atoms with Gasteiger partial charge >= 0.3 is 6.09 Å². The molecule has 0 spiro atoms. The van der Waals surface area contributed by atoms with Crippen molar-refractivity contribution in [2.75, 3.05) is 20.6 Å². The number of aromatic nitrogens is 1. The van der Waals surface area contributed by atoms with Gasteiger partial charge in [0.1, 0.15) is 5.52 Å². The van der Waals surface area contributed by atoms with Gasteiger partial charge in [0.15, 0.2) is 5.75 Å². The predicted molar refractivity (Wildman–Crippen MR) is 82.0 cm³/mol. The zero-order chi connectivity index (χ0) is 15.2. The first-order valence-corrected chi connectivity index (χ1v) is 6.54. The second kappa shape index (κ2) is 6.73. The van der Waals surface area contributed by atoms with Crippen molar-refractivity contribution in [1.82, 2.24) is 15.2 Å². The molecule has 0 radical (unpaired) electrons. The molecule has 0 atom stereocenters. The van der Waals surface area contributed by atoms with Crippen molar-refractivity contribution in [2.45, 2.75) is 6.54 Å². The molecule has 1 N–H and O–H groups in total. The summed E-state index contributed by atoms with van der Waals surface area (Å²) in [7, 11) is 3.47. The van der Waals surface area contributed by atoms with E-state index < -0.39 is 6.09 Å². The van der Waals surface area contributed by atoms with Gasteiger partial charge in [-0.15, -0.1) is 6.42 Å². The van der Waals surface area contributed by atoms with Crippen molar-refractivity contribution in [1.29, 1.82) is 0 Å². The van der Waals surface area contributed by atoms with Crippen LogP contribution in [0.25, 0.3) is 10.9 Å². The third-order valence-corrected chi connectivity index (χ3v) is 3.03. The van der Waals surface area contributed by atoms with Gasteiger partial charge in [-0.2, -0.15) is 0 Å². The van der Waals surface area contributed by atoms with Crippen LogP contribution in [0.2, 0.25) is 0 Å². The minimum Gasteiger partial charge on any atom is -0.408 e. The van der Waals surface area contributed by atoms with Crippen LogP contribution < -0.4 is 10.1 Å². The molecule has 0 saturated heterocycles. The highest BCUT2D eigenvalue weighted by Gasteiger charge is 2.11. The maximum Gasteiger partial charge on any atom is 0.412 e. The van der Waals surface area contributed by atoms with Crippen molar-refractivity contribution in [3.8, 4) is 18.1 Å². The Labute approximate surface area is 123 Å². The number of rotatable bonds is 4. The van der Waals surface area contributed by atoms with Crippen LogP contribution in [0.3, 0.4) is 0 Å². The Balaban J connectivity index is 2.40. The molecular weight excluding hydrogens is 266 g/mol. The van der Waals surface area contributed by atoms with Crippen LogP contribution in [0.4, 0.5) is 4.79 Å².